The molecule has 3 aromatic rings. The molecule has 1 atom stereocenters. The number of carboxylic acids is 1. The van der Waals surface area contributed by atoms with E-state index in [9.17, 15) is 32.3 Å². The Morgan fingerprint density at radius 2 is 1.51 bits per heavy atom. The summed E-state index contributed by atoms with van der Waals surface area (Å²) in [7, 11) is 0. The van der Waals surface area contributed by atoms with Crippen LogP contribution in [0.15, 0.2) is 82.0 Å². The Morgan fingerprint density at radius 3 is 2.06 bits per heavy atom. The number of benzene rings is 3. The van der Waals surface area contributed by atoms with Crippen LogP contribution < -0.4 is 10.6 Å². The van der Waals surface area contributed by atoms with Gasteiger partial charge in [0.1, 0.15) is 11.4 Å². The third-order valence-electron chi connectivity index (χ3n) is 11.5. The lowest BCUT2D eigenvalue weighted by Crippen LogP contribution is -2.37. The van der Waals surface area contributed by atoms with Crippen molar-refractivity contribution in [1.82, 2.24) is 10.2 Å². The molecule has 1 aliphatic carbocycles. The molecule has 0 saturated heterocycles. The largest absolute Gasteiger partial charge is 0.490 e. The SMILES string of the molecule is CCN(CC)CCCCC(=O)c1ccc(-c2ccc(C[C@H](CC(=O)C3CCC(CNC(=O)OC(C)(C)C)CC3)C(=O)Nc3ccc(C4=NCN=N4)cc3)cc2)c(C)c1.O=C(O)C(F)(F)F. The fourth-order valence-corrected chi connectivity index (χ4v) is 7.79. The highest BCUT2D eigenvalue weighted by atomic mass is 19.4. The van der Waals surface area contributed by atoms with E-state index in [1.165, 1.54) is 0 Å². The number of amides is 2. The van der Waals surface area contributed by atoms with Crippen molar-refractivity contribution < 1.29 is 47.0 Å². The molecule has 0 spiro atoms. The second-order valence-electron chi connectivity index (χ2n) is 17.5. The summed E-state index contributed by atoms with van der Waals surface area (Å²) in [6.07, 6.45) is 0.595. The molecule has 0 aromatic heterocycles. The zero-order valence-corrected chi connectivity index (χ0v) is 38.3. The minimum atomic E-state index is -5.08. The lowest BCUT2D eigenvalue weighted by Gasteiger charge is -2.29. The van der Waals surface area contributed by atoms with Crippen molar-refractivity contribution in [3.8, 4) is 11.1 Å². The van der Waals surface area contributed by atoms with Crippen molar-refractivity contribution in [2.75, 3.05) is 38.2 Å². The van der Waals surface area contributed by atoms with Crippen LogP contribution in [0.3, 0.4) is 0 Å². The second-order valence-corrected chi connectivity index (χ2v) is 17.5. The number of aliphatic carboxylic acids is 1. The number of ether oxygens (including phenoxy) is 1. The number of hydrogen-bond donors (Lipinski definition) is 3. The smallest absolute Gasteiger partial charge is 0.475 e. The number of azo groups is 1. The molecule has 1 saturated carbocycles. The number of aryl methyl sites for hydroxylation is 1. The number of carboxylic acid groups (broad SMARTS) is 1. The van der Waals surface area contributed by atoms with Crippen LogP contribution in [0.5, 0.6) is 0 Å². The van der Waals surface area contributed by atoms with Crippen molar-refractivity contribution in [1.29, 1.82) is 0 Å². The lowest BCUT2D eigenvalue weighted by atomic mass is 9.77. The van der Waals surface area contributed by atoms with Crippen LogP contribution in [0, 0.1) is 24.7 Å². The number of alkyl carbamates (subject to hydrolysis) is 1. The Morgan fingerprint density at radius 1 is 0.877 bits per heavy atom. The number of nitrogens with one attached hydrogen (secondary N) is 2. The molecule has 2 amide bonds. The van der Waals surface area contributed by atoms with Crippen molar-refractivity contribution in [3.63, 3.8) is 0 Å². The molecule has 352 valence electrons. The van der Waals surface area contributed by atoms with Crippen molar-refractivity contribution in [2.24, 2.45) is 33.0 Å². The summed E-state index contributed by atoms with van der Waals surface area (Å²) in [6, 6.07) is 21.5. The van der Waals surface area contributed by atoms with Crippen LogP contribution in [0.25, 0.3) is 11.1 Å². The summed E-state index contributed by atoms with van der Waals surface area (Å²) in [5.74, 6) is -2.53. The molecule has 1 fully saturated rings. The average Bonchev–Trinajstić information content (AvgIpc) is 3.81. The van der Waals surface area contributed by atoms with Gasteiger partial charge in [0, 0.05) is 48.0 Å². The first-order valence-electron chi connectivity index (χ1n) is 22.3. The number of amidine groups is 1. The van der Waals surface area contributed by atoms with Gasteiger partial charge >= 0.3 is 18.2 Å². The van der Waals surface area contributed by atoms with Gasteiger partial charge in [0.2, 0.25) is 5.91 Å². The number of carbonyl (C=O) groups is 5. The summed E-state index contributed by atoms with van der Waals surface area (Å²) < 4.78 is 37.1. The van der Waals surface area contributed by atoms with E-state index in [4.69, 9.17) is 14.6 Å². The van der Waals surface area contributed by atoms with Gasteiger partial charge < -0.3 is 25.4 Å². The Balaban J connectivity index is 0.00000122. The molecular formula is C49H63F3N6O7. The summed E-state index contributed by atoms with van der Waals surface area (Å²) in [6.45, 7) is 15.8. The minimum absolute atomic E-state index is 0.101. The van der Waals surface area contributed by atoms with Crippen molar-refractivity contribution in [3.05, 3.63) is 89.0 Å². The quantitative estimate of drug-likeness (QED) is 0.0785. The first kappa shape index (κ1) is 51.9. The first-order valence-corrected chi connectivity index (χ1v) is 22.3. The predicted octanol–water partition coefficient (Wildman–Crippen LogP) is 10.2. The number of unbranched alkanes of at least 4 members (excludes halogenated alkanes) is 1. The van der Waals surface area contributed by atoms with Gasteiger partial charge in [-0.25, -0.2) is 14.6 Å². The Bertz CT molecular complexity index is 2140. The molecule has 0 unspecified atom stereocenters. The number of alkyl halides is 3. The molecule has 16 heteroatoms. The minimum Gasteiger partial charge on any atom is -0.475 e. The van der Waals surface area contributed by atoms with Gasteiger partial charge in [-0.3, -0.25) is 14.4 Å². The van der Waals surface area contributed by atoms with E-state index < -0.39 is 29.8 Å². The van der Waals surface area contributed by atoms with E-state index in [0.29, 0.717) is 37.6 Å². The first-order chi connectivity index (χ1) is 30.8. The number of halogens is 3. The van der Waals surface area contributed by atoms with E-state index in [2.05, 4.69) is 56.7 Å². The van der Waals surface area contributed by atoms with Crippen LogP contribution >= 0.6 is 0 Å². The van der Waals surface area contributed by atoms with Gasteiger partial charge in [0.25, 0.3) is 0 Å². The summed E-state index contributed by atoms with van der Waals surface area (Å²) in [4.78, 5) is 68.5. The predicted molar refractivity (Wildman–Crippen MR) is 244 cm³/mol. The highest BCUT2D eigenvalue weighted by Gasteiger charge is 2.38. The highest BCUT2D eigenvalue weighted by molar-refractivity contribution is 6.01. The van der Waals surface area contributed by atoms with Gasteiger partial charge in [0.15, 0.2) is 18.3 Å². The molecule has 3 N–H and O–H groups in total. The summed E-state index contributed by atoms with van der Waals surface area (Å²) in [5, 5.41) is 21.0. The maximum Gasteiger partial charge on any atom is 0.490 e. The Labute approximate surface area is 379 Å². The Kier molecular flexibility index (Phi) is 19.5. The highest BCUT2D eigenvalue weighted by Crippen LogP contribution is 2.32. The number of rotatable bonds is 19. The average molecular weight is 905 g/mol. The van der Waals surface area contributed by atoms with Crippen LogP contribution in [-0.2, 0) is 25.5 Å². The number of nitrogens with zero attached hydrogens (tertiary/aromatic N) is 4. The van der Waals surface area contributed by atoms with Gasteiger partial charge in [-0.1, -0.05) is 50.2 Å². The van der Waals surface area contributed by atoms with Gasteiger partial charge in [-0.2, -0.15) is 18.3 Å². The molecular weight excluding hydrogens is 842 g/mol. The molecule has 13 nitrogen and oxygen atoms in total. The van der Waals surface area contributed by atoms with E-state index in [1.807, 2.05) is 82.3 Å². The Hall–Kier alpha value is -5.77. The third kappa shape index (κ3) is 17.3. The molecule has 5 rings (SSSR count). The summed E-state index contributed by atoms with van der Waals surface area (Å²) in [5.41, 5.74) is 5.72. The summed E-state index contributed by atoms with van der Waals surface area (Å²) >= 11 is 0. The molecule has 65 heavy (non-hydrogen) atoms. The second kappa shape index (κ2) is 24.5. The third-order valence-corrected chi connectivity index (χ3v) is 11.5. The van der Waals surface area contributed by atoms with Crippen LogP contribution in [0.2, 0.25) is 0 Å². The number of hydrogen-bond acceptors (Lipinski definition) is 10. The number of anilines is 1. The number of ketones is 2. The lowest BCUT2D eigenvalue weighted by molar-refractivity contribution is -0.192. The normalized spacial score (nSPS) is 16.5. The fourth-order valence-electron chi connectivity index (χ4n) is 7.79. The molecule has 0 bridgehead atoms. The standard InChI is InChI=1S/C47H62N6O5.C2HF3O2/c1-7-53(8-2)26-10-9-11-42(54)38-22-25-41(32(3)27-38)35-16-12-33(13-17-35)28-39(45(56)51-40-23-20-37(21-24-40)44-49-31-50-52-44)29-43(55)36-18-14-34(15-19-36)30-48-46(57)58-47(4,5)6;3-2(4,5)1(6)7/h12-13,16-17,20-25,27,34,36,39H,7-11,14-15,18-19,26,28-31H2,1-6H3,(H,48,57)(H,51,56);(H,6,7)/t34?,36?,39-;/m1./s1. The zero-order valence-electron chi connectivity index (χ0n) is 38.3. The van der Waals surface area contributed by atoms with Crippen LogP contribution in [-0.4, -0.2) is 90.0 Å². The fraction of sp³-hybridized carbons (Fsp3) is 0.510. The monoisotopic (exact) mass is 904 g/mol. The number of carbonyl (C=O) groups excluding carboxylic acids is 4. The van der Waals surface area contributed by atoms with Crippen molar-refractivity contribution in [2.45, 2.75) is 111 Å². The molecule has 0 radical (unpaired) electrons. The molecule has 3 aromatic carbocycles. The van der Waals surface area contributed by atoms with Crippen molar-refractivity contribution >= 4 is 41.1 Å². The van der Waals surface area contributed by atoms with Gasteiger partial charge in [-0.15, -0.1) is 5.11 Å². The number of Topliss-reactive ketones (excluding diaryl/α,β-unsaturated/α-hetero) is 2. The van der Waals surface area contributed by atoms with Gasteiger partial charge in [-0.05, 0) is 151 Å². The zero-order chi connectivity index (χ0) is 47.7. The van der Waals surface area contributed by atoms with E-state index in [0.717, 1.165) is 91.5 Å². The number of aliphatic imine (C=N–C) groups is 1. The molecule has 1 aliphatic heterocycles. The van der Waals surface area contributed by atoms with E-state index in [-0.39, 0.29) is 35.7 Å². The topological polar surface area (TPSA) is 179 Å². The van der Waals surface area contributed by atoms with E-state index in [1.54, 1.807) is 0 Å². The molecule has 1 heterocycles. The maximum atomic E-state index is 13.9. The van der Waals surface area contributed by atoms with Crippen LogP contribution in [0.1, 0.15) is 113 Å². The van der Waals surface area contributed by atoms with E-state index >= 15 is 0 Å². The molecule has 2 aliphatic rings. The van der Waals surface area contributed by atoms with Crippen LogP contribution in [0.4, 0.5) is 23.7 Å². The van der Waals surface area contributed by atoms with Gasteiger partial charge in [0.05, 0.1) is 0 Å². The maximum absolute atomic E-state index is 13.9.